The van der Waals surface area contributed by atoms with Crippen molar-refractivity contribution in [2.24, 2.45) is 0 Å². The van der Waals surface area contributed by atoms with Gasteiger partial charge in [0.2, 0.25) is 0 Å². The number of piperazine rings is 1. The Morgan fingerprint density at radius 2 is 1.69 bits per heavy atom. The van der Waals surface area contributed by atoms with Crippen molar-refractivity contribution in [1.82, 2.24) is 14.9 Å². The number of hydrogen-bond acceptors (Lipinski definition) is 8. The molecule has 0 atom stereocenters. The molecule has 0 unspecified atom stereocenters. The van der Waals surface area contributed by atoms with E-state index in [0.717, 1.165) is 26.5 Å². The van der Waals surface area contributed by atoms with E-state index in [1.54, 1.807) is 12.4 Å². The molecule has 3 aliphatic rings. The Kier molecular flexibility index (Phi) is 5.82. The first-order valence-corrected chi connectivity index (χ1v) is 12.9. The summed E-state index contributed by atoms with van der Waals surface area (Å²) in [4.78, 5) is 30.3. The molecule has 35 heavy (non-hydrogen) atoms. The predicted octanol–water partition coefficient (Wildman–Crippen LogP) is 3.44. The van der Waals surface area contributed by atoms with Crippen molar-refractivity contribution in [2.75, 3.05) is 62.3 Å². The van der Waals surface area contributed by atoms with Crippen LogP contribution in [0.15, 0.2) is 30.6 Å². The van der Waals surface area contributed by atoms with Crippen molar-refractivity contribution < 1.29 is 18.7 Å². The number of fused-ring (bicyclic) bond motifs is 1. The highest BCUT2D eigenvalue weighted by Crippen LogP contribution is 2.38. The number of carbonyl (C=O) groups excluding carboxylic acids is 1. The van der Waals surface area contributed by atoms with Gasteiger partial charge in [0, 0.05) is 52.1 Å². The molecule has 8 nitrogen and oxygen atoms in total. The number of likely N-dealkylation sites (tertiary alicyclic amines) is 1. The lowest BCUT2D eigenvalue weighted by Crippen LogP contribution is -2.47. The Labute approximate surface area is 207 Å². The molecule has 6 rings (SSSR count). The highest BCUT2D eigenvalue weighted by atomic mass is 32.1. The van der Waals surface area contributed by atoms with Gasteiger partial charge in [-0.1, -0.05) is 12.1 Å². The summed E-state index contributed by atoms with van der Waals surface area (Å²) in [5, 5.41) is 0.941. The summed E-state index contributed by atoms with van der Waals surface area (Å²) in [7, 11) is 0. The topological polar surface area (TPSA) is 71.0 Å². The maximum atomic E-state index is 14.2. The quantitative estimate of drug-likeness (QED) is 0.549. The lowest BCUT2D eigenvalue weighted by atomic mass is 10.0. The van der Waals surface area contributed by atoms with E-state index in [1.165, 1.54) is 17.4 Å². The van der Waals surface area contributed by atoms with Crippen molar-refractivity contribution in [1.29, 1.82) is 0 Å². The van der Waals surface area contributed by atoms with Gasteiger partial charge in [0.15, 0.2) is 5.79 Å². The van der Waals surface area contributed by atoms with Crippen LogP contribution in [0.3, 0.4) is 0 Å². The van der Waals surface area contributed by atoms with E-state index in [-0.39, 0.29) is 11.7 Å². The van der Waals surface area contributed by atoms with Crippen LogP contribution in [0.5, 0.6) is 0 Å². The summed E-state index contributed by atoms with van der Waals surface area (Å²) in [6.07, 6.45) is 2.96. The molecule has 1 aromatic carbocycles. The van der Waals surface area contributed by atoms with Crippen molar-refractivity contribution in [3.05, 3.63) is 46.9 Å². The summed E-state index contributed by atoms with van der Waals surface area (Å²) in [6.45, 7) is 7.29. The number of rotatable bonds is 3. The zero-order valence-electron chi connectivity index (χ0n) is 19.7. The second kappa shape index (κ2) is 9.00. The van der Waals surface area contributed by atoms with Crippen molar-refractivity contribution in [3.8, 4) is 0 Å². The molecule has 0 N–H and O–H groups in total. The van der Waals surface area contributed by atoms with Crippen molar-refractivity contribution >= 4 is 39.0 Å². The van der Waals surface area contributed by atoms with Crippen LogP contribution < -0.4 is 9.80 Å². The Morgan fingerprint density at radius 1 is 1.00 bits per heavy atom. The molecule has 3 fully saturated rings. The minimum absolute atomic E-state index is 0.0358. The van der Waals surface area contributed by atoms with E-state index >= 15 is 0 Å². The maximum absolute atomic E-state index is 14.2. The number of nitrogens with zero attached hydrogens (tertiary/aromatic N) is 5. The zero-order chi connectivity index (χ0) is 24.0. The number of aryl methyl sites for hydroxylation is 1. The van der Waals surface area contributed by atoms with Gasteiger partial charge in [0.25, 0.3) is 5.91 Å². The number of para-hydroxylation sites is 1. The van der Waals surface area contributed by atoms with Gasteiger partial charge in [-0.15, -0.1) is 11.3 Å². The van der Waals surface area contributed by atoms with Gasteiger partial charge in [0.05, 0.1) is 29.2 Å². The van der Waals surface area contributed by atoms with E-state index < -0.39 is 5.79 Å². The normalized spacial score (nSPS) is 20.2. The molecule has 0 saturated carbocycles. The van der Waals surface area contributed by atoms with E-state index in [4.69, 9.17) is 9.47 Å². The third kappa shape index (κ3) is 4.03. The average molecular weight is 498 g/mol. The first kappa shape index (κ1) is 22.6. The number of piperidine rings is 1. The van der Waals surface area contributed by atoms with Crippen molar-refractivity contribution in [3.63, 3.8) is 0 Å². The van der Waals surface area contributed by atoms with Crippen LogP contribution in [0.2, 0.25) is 0 Å². The Morgan fingerprint density at radius 3 is 2.40 bits per heavy atom. The van der Waals surface area contributed by atoms with E-state index in [0.29, 0.717) is 71.0 Å². The highest BCUT2D eigenvalue weighted by Gasteiger charge is 2.41. The second-order valence-corrected chi connectivity index (χ2v) is 10.3. The first-order valence-electron chi connectivity index (χ1n) is 12.1. The maximum Gasteiger partial charge on any atom is 0.264 e. The zero-order valence-corrected chi connectivity index (χ0v) is 20.5. The van der Waals surface area contributed by atoms with Gasteiger partial charge in [0.1, 0.15) is 22.8 Å². The largest absolute Gasteiger partial charge is 0.366 e. The molecule has 3 aliphatic heterocycles. The van der Waals surface area contributed by atoms with E-state index in [2.05, 4.69) is 19.8 Å². The number of aromatic nitrogens is 2. The predicted molar refractivity (Wildman–Crippen MR) is 133 cm³/mol. The molecule has 3 saturated heterocycles. The average Bonchev–Trinajstić information content (AvgIpc) is 3.49. The number of amides is 1. The van der Waals surface area contributed by atoms with Crippen LogP contribution in [-0.4, -0.2) is 79.0 Å². The molecule has 0 bridgehead atoms. The van der Waals surface area contributed by atoms with Crippen molar-refractivity contribution in [2.45, 2.75) is 25.6 Å². The Hall–Kier alpha value is -2.82. The van der Waals surface area contributed by atoms with Gasteiger partial charge in [-0.3, -0.25) is 4.79 Å². The molecule has 2 aromatic heterocycles. The fourth-order valence-electron chi connectivity index (χ4n) is 5.34. The molecular formula is C25H28FN5O3S. The van der Waals surface area contributed by atoms with Crippen LogP contribution in [0.4, 0.5) is 15.9 Å². The molecule has 1 amide bonds. The minimum atomic E-state index is -0.505. The summed E-state index contributed by atoms with van der Waals surface area (Å²) in [5.41, 5.74) is 1.56. The molecular weight excluding hydrogens is 469 g/mol. The summed E-state index contributed by atoms with van der Waals surface area (Å²) in [6, 6.07) is 6.90. The van der Waals surface area contributed by atoms with Crippen LogP contribution in [0, 0.1) is 12.7 Å². The number of benzene rings is 1. The third-order valence-electron chi connectivity index (χ3n) is 7.30. The van der Waals surface area contributed by atoms with Crippen LogP contribution in [0.25, 0.3) is 10.2 Å². The molecule has 0 aliphatic carbocycles. The third-order valence-corrected chi connectivity index (χ3v) is 8.49. The summed E-state index contributed by atoms with van der Waals surface area (Å²) in [5.74, 6) is 0.182. The molecule has 1 spiro atoms. The molecule has 0 radical (unpaired) electrons. The molecule has 10 heteroatoms. The standard InChI is InChI=1S/C25H28FN5O3S/c1-17-20-22(30-12-10-29(11-13-30)19-5-3-2-4-18(19)26)27-16-28-23(20)35-21(17)24(32)31-8-6-25(7-9-31)33-14-15-34-25/h2-5,16H,6-15H2,1H3. The molecule has 184 valence electrons. The highest BCUT2D eigenvalue weighted by molar-refractivity contribution is 7.20. The Balaban J connectivity index is 1.21. The smallest absolute Gasteiger partial charge is 0.264 e. The molecule has 3 aromatic rings. The monoisotopic (exact) mass is 497 g/mol. The number of carbonyl (C=O) groups is 1. The van der Waals surface area contributed by atoms with Gasteiger partial charge in [-0.2, -0.15) is 0 Å². The summed E-state index contributed by atoms with van der Waals surface area (Å²) < 4.78 is 25.9. The number of thiophene rings is 1. The van der Waals surface area contributed by atoms with Crippen LogP contribution in [-0.2, 0) is 9.47 Å². The van der Waals surface area contributed by atoms with Gasteiger partial charge < -0.3 is 24.2 Å². The van der Waals surface area contributed by atoms with Gasteiger partial charge >= 0.3 is 0 Å². The number of anilines is 2. The van der Waals surface area contributed by atoms with E-state index in [1.807, 2.05) is 24.0 Å². The fourth-order valence-corrected chi connectivity index (χ4v) is 6.46. The first-order chi connectivity index (χ1) is 17.0. The second-order valence-electron chi connectivity index (χ2n) is 9.26. The number of halogens is 1. The fraction of sp³-hybridized carbons (Fsp3) is 0.480. The van der Waals surface area contributed by atoms with Crippen LogP contribution >= 0.6 is 11.3 Å². The Bertz CT molecular complexity index is 1240. The van der Waals surface area contributed by atoms with Crippen LogP contribution in [0.1, 0.15) is 28.1 Å². The number of hydrogen-bond donors (Lipinski definition) is 0. The molecule has 5 heterocycles. The number of ether oxygens (including phenoxy) is 2. The SMILES string of the molecule is Cc1c(C(=O)N2CCC3(CC2)OCCO3)sc2ncnc(N3CCN(c4ccccc4F)CC3)c12. The summed E-state index contributed by atoms with van der Waals surface area (Å²) >= 11 is 1.44. The minimum Gasteiger partial charge on any atom is -0.366 e. The van der Waals surface area contributed by atoms with E-state index in [9.17, 15) is 9.18 Å². The lowest BCUT2D eigenvalue weighted by Gasteiger charge is -2.37. The lowest BCUT2D eigenvalue weighted by molar-refractivity contribution is -0.181. The van der Waals surface area contributed by atoms with Gasteiger partial charge in [-0.25, -0.2) is 14.4 Å². The van der Waals surface area contributed by atoms with Gasteiger partial charge in [-0.05, 0) is 24.6 Å².